The summed E-state index contributed by atoms with van der Waals surface area (Å²) >= 11 is 0. The van der Waals surface area contributed by atoms with Crippen LogP contribution in [0.2, 0.25) is 0 Å². The highest BCUT2D eigenvalue weighted by Gasteiger charge is 2.35. The lowest BCUT2D eigenvalue weighted by molar-refractivity contribution is -0.144. The number of rotatable bonds is 4. The second-order valence-corrected chi connectivity index (χ2v) is 4.85. The predicted octanol–water partition coefficient (Wildman–Crippen LogP) is 0.854. The number of nitrogens with one attached hydrogen (secondary N) is 1. The smallest absolute Gasteiger partial charge is 0.326 e. The Hall–Kier alpha value is -2.12. The molecule has 2 amide bonds. The van der Waals surface area contributed by atoms with Crippen LogP contribution in [0, 0.1) is 5.92 Å². The Kier molecular flexibility index (Phi) is 4.54. The van der Waals surface area contributed by atoms with E-state index in [4.69, 9.17) is 0 Å². The third-order valence-electron chi connectivity index (χ3n) is 3.64. The molecule has 0 spiro atoms. The Morgan fingerprint density at radius 1 is 1.60 bits per heavy atom. The quantitative estimate of drug-likeness (QED) is 0.847. The highest BCUT2D eigenvalue weighted by Crippen LogP contribution is 2.25. The van der Waals surface area contributed by atoms with Crippen molar-refractivity contribution in [3.63, 3.8) is 0 Å². The monoisotopic (exact) mass is 282 g/mol. The highest BCUT2D eigenvalue weighted by molar-refractivity contribution is 5.82. The molecular weight excluding hydrogens is 264 g/mol. The maximum atomic E-state index is 12.1. The van der Waals surface area contributed by atoms with E-state index in [1.807, 2.05) is 6.92 Å². The molecule has 20 heavy (non-hydrogen) atoms. The summed E-state index contributed by atoms with van der Waals surface area (Å²) in [7, 11) is 0. The van der Waals surface area contributed by atoms with Crippen LogP contribution in [-0.4, -0.2) is 44.7 Å². The summed E-state index contributed by atoms with van der Waals surface area (Å²) < 4.78 is 4.56. The van der Waals surface area contributed by atoms with Crippen LogP contribution in [0.15, 0.2) is 10.9 Å². The summed E-state index contributed by atoms with van der Waals surface area (Å²) in [6.07, 6.45) is 3.44. The highest BCUT2D eigenvalue weighted by atomic mass is 16.5. The van der Waals surface area contributed by atoms with E-state index in [0.717, 1.165) is 12.8 Å². The molecule has 1 saturated heterocycles. The average Bonchev–Trinajstić information content (AvgIpc) is 2.97. The van der Waals surface area contributed by atoms with Crippen molar-refractivity contribution >= 4 is 12.0 Å². The molecule has 0 saturated carbocycles. The number of carboxylic acid groups (broad SMARTS) is 1. The van der Waals surface area contributed by atoms with Crippen molar-refractivity contribution < 1.29 is 19.2 Å². The van der Waals surface area contributed by atoms with Gasteiger partial charge in [-0.25, -0.2) is 9.59 Å². The summed E-state index contributed by atoms with van der Waals surface area (Å²) in [5.74, 6) is -0.246. The fraction of sp³-hybridized carbons (Fsp3) is 0.667. The molecule has 1 aliphatic rings. The molecule has 2 atom stereocenters. The third-order valence-corrected chi connectivity index (χ3v) is 3.64. The van der Waals surface area contributed by atoms with Gasteiger partial charge >= 0.3 is 12.0 Å². The van der Waals surface area contributed by atoms with E-state index in [1.165, 1.54) is 11.3 Å². The number of carbonyl (C=O) groups excluding carboxylic acids is 1. The van der Waals surface area contributed by atoms with E-state index in [9.17, 15) is 14.7 Å². The Morgan fingerprint density at radius 2 is 2.40 bits per heavy atom. The molecule has 0 aliphatic carbocycles. The maximum absolute atomic E-state index is 12.1. The number of aliphatic carboxylic acids is 1. The molecular formula is C12H18N4O4. The van der Waals surface area contributed by atoms with Crippen LogP contribution in [0.3, 0.4) is 0 Å². The number of urea groups is 1. The minimum atomic E-state index is -0.960. The minimum absolute atomic E-state index is 0.120. The van der Waals surface area contributed by atoms with Gasteiger partial charge in [0.15, 0.2) is 5.82 Å². The zero-order valence-corrected chi connectivity index (χ0v) is 11.3. The number of amides is 2. The topological polar surface area (TPSA) is 109 Å². The zero-order chi connectivity index (χ0) is 14.5. The fourth-order valence-electron chi connectivity index (χ4n) is 2.41. The van der Waals surface area contributed by atoms with Gasteiger partial charge in [0.1, 0.15) is 6.04 Å². The number of aromatic nitrogens is 2. The van der Waals surface area contributed by atoms with E-state index < -0.39 is 18.0 Å². The van der Waals surface area contributed by atoms with Crippen molar-refractivity contribution in [2.75, 3.05) is 6.54 Å². The summed E-state index contributed by atoms with van der Waals surface area (Å²) in [6.45, 7) is 2.61. The number of carbonyl (C=O) groups is 2. The standard InChI is InChI=1S/C12H18N4O4/c1-2-8-3-4-16(9(5-8)11(17)18)12(19)13-6-10-14-7-20-15-10/h7-9H,2-6H2,1H3,(H,13,19)(H,17,18). The Balaban J connectivity index is 1.94. The first-order valence-electron chi connectivity index (χ1n) is 6.64. The van der Waals surface area contributed by atoms with Gasteiger partial charge in [-0.05, 0) is 18.8 Å². The first-order valence-corrected chi connectivity index (χ1v) is 6.64. The van der Waals surface area contributed by atoms with Crippen LogP contribution in [0.1, 0.15) is 32.0 Å². The van der Waals surface area contributed by atoms with Crippen molar-refractivity contribution in [2.24, 2.45) is 5.92 Å². The predicted molar refractivity (Wildman–Crippen MR) is 67.7 cm³/mol. The Morgan fingerprint density at radius 3 is 3.00 bits per heavy atom. The van der Waals surface area contributed by atoms with Crippen LogP contribution in [0.25, 0.3) is 0 Å². The van der Waals surface area contributed by atoms with Crippen LogP contribution in [-0.2, 0) is 11.3 Å². The van der Waals surface area contributed by atoms with Crippen LogP contribution < -0.4 is 5.32 Å². The van der Waals surface area contributed by atoms with Crippen LogP contribution >= 0.6 is 0 Å². The lowest BCUT2D eigenvalue weighted by Crippen LogP contribution is -2.53. The number of piperidine rings is 1. The number of carboxylic acids is 1. The number of likely N-dealkylation sites (tertiary alicyclic amines) is 1. The third kappa shape index (κ3) is 3.25. The molecule has 1 fully saturated rings. The van der Waals surface area contributed by atoms with Gasteiger partial charge in [-0.3, -0.25) is 0 Å². The van der Waals surface area contributed by atoms with E-state index in [1.54, 1.807) is 0 Å². The molecule has 8 heteroatoms. The first kappa shape index (κ1) is 14.3. The Labute approximate surface area is 116 Å². The lowest BCUT2D eigenvalue weighted by Gasteiger charge is -2.36. The number of nitrogens with zero attached hydrogens (tertiary/aromatic N) is 3. The Bertz CT molecular complexity index is 462. The fourth-order valence-corrected chi connectivity index (χ4v) is 2.41. The number of hydrogen-bond acceptors (Lipinski definition) is 5. The summed E-state index contributed by atoms with van der Waals surface area (Å²) in [4.78, 5) is 28.5. The maximum Gasteiger partial charge on any atom is 0.326 e. The zero-order valence-electron chi connectivity index (χ0n) is 11.3. The van der Waals surface area contributed by atoms with Crippen molar-refractivity contribution in [1.82, 2.24) is 20.4 Å². The average molecular weight is 282 g/mol. The first-order chi connectivity index (χ1) is 9.61. The van der Waals surface area contributed by atoms with Crippen LogP contribution in [0.5, 0.6) is 0 Å². The summed E-state index contributed by atoms with van der Waals surface area (Å²) in [6, 6.07) is -1.17. The van der Waals surface area contributed by atoms with Crippen LogP contribution in [0.4, 0.5) is 4.79 Å². The second-order valence-electron chi connectivity index (χ2n) is 4.85. The molecule has 2 rings (SSSR count). The molecule has 0 radical (unpaired) electrons. The van der Waals surface area contributed by atoms with Gasteiger partial charge in [0.2, 0.25) is 6.39 Å². The summed E-state index contributed by atoms with van der Waals surface area (Å²) in [5.41, 5.74) is 0. The second kappa shape index (κ2) is 6.36. The van der Waals surface area contributed by atoms with Gasteiger partial charge in [-0.1, -0.05) is 18.5 Å². The van der Waals surface area contributed by atoms with Gasteiger partial charge in [-0.15, -0.1) is 0 Å². The van der Waals surface area contributed by atoms with Gasteiger partial charge in [-0.2, -0.15) is 4.98 Å². The molecule has 0 aromatic carbocycles. The normalized spacial score (nSPS) is 22.6. The molecule has 2 unspecified atom stereocenters. The summed E-state index contributed by atoms with van der Waals surface area (Å²) in [5, 5.41) is 15.4. The van der Waals surface area contributed by atoms with Crippen molar-refractivity contribution in [3.8, 4) is 0 Å². The van der Waals surface area contributed by atoms with Gasteiger partial charge in [0.25, 0.3) is 0 Å². The molecule has 1 aromatic heterocycles. The van der Waals surface area contributed by atoms with Crippen molar-refractivity contribution in [2.45, 2.75) is 38.8 Å². The molecule has 110 valence electrons. The lowest BCUT2D eigenvalue weighted by atomic mass is 9.89. The SMILES string of the molecule is CCC1CCN(C(=O)NCc2ncon2)C(C(=O)O)C1. The molecule has 8 nitrogen and oxygen atoms in total. The molecule has 1 aromatic rings. The number of hydrogen-bond donors (Lipinski definition) is 2. The van der Waals surface area contributed by atoms with Crippen molar-refractivity contribution in [1.29, 1.82) is 0 Å². The van der Waals surface area contributed by atoms with Gasteiger partial charge < -0.3 is 19.8 Å². The minimum Gasteiger partial charge on any atom is -0.480 e. The molecule has 0 bridgehead atoms. The van der Waals surface area contributed by atoms with Gasteiger partial charge in [0.05, 0.1) is 6.54 Å². The van der Waals surface area contributed by atoms with E-state index >= 15 is 0 Å². The van der Waals surface area contributed by atoms with E-state index in [0.29, 0.717) is 24.7 Å². The largest absolute Gasteiger partial charge is 0.480 e. The van der Waals surface area contributed by atoms with E-state index in [2.05, 4.69) is 20.0 Å². The van der Waals surface area contributed by atoms with Gasteiger partial charge in [0, 0.05) is 6.54 Å². The molecule has 1 aliphatic heterocycles. The van der Waals surface area contributed by atoms with Crippen molar-refractivity contribution in [3.05, 3.63) is 12.2 Å². The molecule has 2 N–H and O–H groups in total. The molecule has 2 heterocycles. The van der Waals surface area contributed by atoms with E-state index in [-0.39, 0.29) is 6.54 Å².